The van der Waals surface area contributed by atoms with Gasteiger partial charge in [-0.1, -0.05) is 76.2 Å². The van der Waals surface area contributed by atoms with Crippen LogP contribution in [0.2, 0.25) is 0 Å². The molecule has 5 heteroatoms. The number of carbonyl (C=O) groups is 2. The van der Waals surface area contributed by atoms with Gasteiger partial charge in [0.15, 0.2) is 0 Å². The van der Waals surface area contributed by atoms with Crippen LogP contribution in [0.1, 0.15) is 67.6 Å². The normalized spacial score (nSPS) is 11.9. The highest BCUT2D eigenvalue weighted by Crippen LogP contribution is 2.42. The number of benzene rings is 4. The molecular weight excluding hydrogens is 556 g/mol. The Bertz CT molecular complexity index is 1730. The van der Waals surface area contributed by atoms with Crippen molar-refractivity contribution in [2.45, 2.75) is 59.8 Å². The fourth-order valence-corrected chi connectivity index (χ4v) is 6.35. The molecule has 1 aromatic heterocycles. The summed E-state index contributed by atoms with van der Waals surface area (Å²) in [6, 6.07) is 33.6. The van der Waals surface area contributed by atoms with Crippen molar-refractivity contribution in [1.82, 2.24) is 9.05 Å². The van der Waals surface area contributed by atoms with Crippen molar-refractivity contribution < 1.29 is 14.7 Å². The van der Waals surface area contributed by atoms with Gasteiger partial charge in [-0.3, -0.25) is 14.2 Å². The molecule has 1 N–H and O–H groups in total. The van der Waals surface area contributed by atoms with E-state index in [0.29, 0.717) is 34.7 Å². The first-order valence-corrected chi connectivity index (χ1v) is 16.1. The summed E-state index contributed by atoms with van der Waals surface area (Å²) in [7, 11) is 2.20. The first-order valence-electron chi connectivity index (χ1n) is 16.1. The Morgan fingerprint density at radius 1 is 0.733 bits per heavy atom. The van der Waals surface area contributed by atoms with Gasteiger partial charge in [0, 0.05) is 60.0 Å². The fourth-order valence-electron chi connectivity index (χ4n) is 6.35. The van der Waals surface area contributed by atoms with Crippen molar-refractivity contribution in [2.75, 3.05) is 7.05 Å². The molecule has 0 radical (unpaired) electrons. The van der Waals surface area contributed by atoms with E-state index >= 15 is 0 Å². The van der Waals surface area contributed by atoms with Crippen molar-refractivity contribution in [3.63, 3.8) is 0 Å². The van der Waals surface area contributed by atoms with Crippen molar-refractivity contribution in [3.8, 4) is 0 Å². The summed E-state index contributed by atoms with van der Waals surface area (Å²) in [5.41, 5.74) is 8.28. The molecule has 0 saturated heterocycles. The summed E-state index contributed by atoms with van der Waals surface area (Å²) in [6.07, 6.45) is 5.16. The van der Waals surface area contributed by atoms with Crippen LogP contribution < -0.4 is 4.48 Å². The van der Waals surface area contributed by atoms with Crippen molar-refractivity contribution in [1.29, 1.82) is 0 Å². The van der Waals surface area contributed by atoms with Gasteiger partial charge in [0.25, 0.3) is 5.91 Å². The van der Waals surface area contributed by atoms with Crippen molar-refractivity contribution >= 4 is 39.8 Å². The van der Waals surface area contributed by atoms with Crippen molar-refractivity contribution in [3.05, 3.63) is 126 Å². The van der Waals surface area contributed by atoms with Crippen LogP contribution in [0.4, 0.5) is 17.1 Å². The van der Waals surface area contributed by atoms with Gasteiger partial charge in [-0.15, -0.1) is 0 Å². The quantitative estimate of drug-likeness (QED) is 0.145. The predicted molar refractivity (Wildman–Crippen MR) is 186 cm³/mol. The van der Waals surface area contributed by atoms with Gasteiger partial charge in [-0.25, -0.2) is 4.48 Å². The Labute approximate surface area is 267 Å². The molecule has 5 rings (SSSR count). The Kier molecular flexibility index (Phi) is 9.69. The number of aliphatic carboxylic acids is 1. The lowest BCUT2D eigenvalue weighted by atomic mass is 10.0. The second-order valence-corrected chi connectivity index (χ2v) is 13.2. The second kappa shape index (κ2) is 13.7. The van der Waals surface area contributed by atoms with Crippen LogP contribution in [0.5, 0.6) is 0 Å². The van der Waals surface area contributed by atoms with Crippen LogP contribution in [0.25, 0.3) is 10.9 Å². The third kappa shape index (κ3) is 7.10. The summed E-state index contributed by atoms with van der Waals surface area (Å²) < 4.78 is 2.13. The molecule has 5 aromatic rings. The Hall–Kier alpha value is -4.48. The molecule has 232 valence electrons. The molecule has 0 aliphatic heterocycles. The minimum absolute atomic E-state index is 0.100. The highest BCUT2D eigenvalue weighted by molar-refractivity contribution is 6.03. The third-order valence-corrected chi connectivity index (χ3v) is 8.65. The van der Waals surface area contributed by atoms with Crippen LogP contribution in [0, 0.1) is 11.8 Å². The molecule has 0 saturated carbocycles. The number of aryl methyl sites for hydroxylation is 1. The summed E-state index contributed by atoms with van der Waals surface area (Å²) in [6.45, 7) is 8.95. The first kappa shape index (κ1) is 31.9. The number of hydrogen-bond acceptors (Lipinski definition) is 2. The largest absolute Gasteiger partial charge is 0.481 e. The second-order valence-electron chi connectivity index (χ2n) is 13.2. The van der Waals surface area contributed by atoms with Gasteiger partial charge in [-0.05, 0) is 66.3 Å². The van der Waals surface area contributed by atoms with Gasteiger partial charge in [0.1, 0.15) is 17.1 Å². The molecule has 0 spiro atoms. The lowest BCUT2D eigenvalue weighted by Crippen LogP contribution is -2.34. The van der Waals surface area contributed by atoms with E-state index in [0.717, 1.165) is 46.4 Å². The number of aromatic nitrogens is 1. The van der Waals surface area contributed by atoms with Gasteiger partial charge in [0.05, 0.1) is 12.6 Å². The number of rotatable bonds is 12. The minimum Gasteiger partial charge on any atom is -0.481 e. The number of carboxylic acids is 1. The van der Waals surface area contributed by atoms with Crippen LogP contribution >= 0.6 is 0 Å². The zero-order valence-corrected chi connectivity index (χ0v) is 27.2. The Balaban J connectivity index is 1.57. The van der Waals surface area contributed by atoms with E-state index in [-0.39, 0.29) is 12.3 Å². The summed E-state index contributed by atoms with van der Waals surface area (Å²) >= 11 is 0. The van der Waals surface area contributed by atoms with Crippen LogP contribution in [-0.4, -0.2) is 28.6 Å². The predicted octanol–water partition coefficient (Wildman–Crippen LogP) is 9.73. The minimum atomic E-state index is -0.808. The van der Waals surface area contributed by atoms with Crippen molar-refractivity contribution in [2.24, 2.45) is 11.8 Å². The number of quaternary nitrogens is 1. The van der Waals surface area contributed by atoms with E-state index in [1.165, 1.54) is 11.1 Å². The Morgan fingerprint density at radius 3 is 1.87 bits per heavy atom. The summed E-state index contributed by atoms with van der Waals surface area (Å²) in [4.78, 5) is 25.3. The molecule has 4 aromatic carbocycles. The number of fused-ring (bicyclic) bond motifs is 1. The molecule has 45 heavy (non-hydrogen) atoms. The van der Waals surface area contributed by atoms with Gasteiger partial charge < -0.3 is 5.11 Å². The van der Waals surface area contributed by atoms with E-state index < -0.39 is 5.97 Å². The number of para-hydroxylation sites is 1. The van der Waals surface area contributed by atoms with E-state index in [2.05, 4.69) is 89.3 Å². The summed E-state index contributed by atoms with van der Waals surface area (Å²) in [5, 5.41) is 10.1. The molecule has 0 atom stereocenters. The topological polar surface area (TPSA) is 59.3 Å². The van der Waals surface area contributed by atoms with E-state index in [1.54, 1.807) is 4.57 Å². The monoisotopic (exact) mass is 601 g/mol. The molecule has 0 unspecified atom stereocenters. The van der Waals surface area contributed by atoms with Crippen LogP contribution in [-0.2, 0) is 24.1 Å². The number of carbonyl (C=O) groups excluding carboxylic acids is 1. The highest BCUT2D eigenvalue weighted by Gasteiger charge is 2.32. The van der Waals surface area contributed by atoms with Crippen LogP contribution in [0.15, 0.2) is 103 Å². The van der Waals surface area contributed by atoms with E-state index in [9.17, 15) is 9.59 Å². The molecule has 0 fully saturated rings. The SMILES string of the molecule is CC(C)Cc1ccc([N+](C)(c2ccc(CC(C)C)cc2)c2cccc(C(=O)n3cc(CCCC(=O)O)c4ccccc43)c2)cc1. The lowest BCUT2D eigenvalue weighted by Gasteiger charge is -2.34. The first-order chi connectivity index (χ1) is 21.6. The fraction of sp³-hybridized carbons (Fsp3) is 0.300. The number of hydrogen-bond donors (Lipinski definition) is 1. The molecule has 0 aliphatic carbocycles. The molecule has 0 aliphatic rings. The highest BCUT2D eigenvalue weighted by atomic mass is 16.4. The smallest absolute Gasteiger partial charge is 0.303 e. The average Bonchev–Trinajstić information content (AvgIpc) is 3.39. The van der Waals surface area contributed by atoms with Crippen LogP contribution in [0.3, 0.4) is 0 Å². The standard InChI is InChI=1S/C40H44N2O3/c1-28(2)24-30-16-20-34(21-17-30)42(5,35-22-18-31(19-23-35)25-29(3)4)36-12-8-10-32(26-36)40(45)41-27-33(11-9-15-39(43)44)37-13-6-7-14-38(37)41/h6-8,10,12-14,16-23,26-29H,9,11,15,24-25H2,1-5H3/p+1. The summed E-state index contributed by atoms with van der Waals surface area (Å²) in [5.74, 6) is 0.242. The third-order valence-electron chi connectivity index (χ3n) is 8.65. The lowest BCUT2D eigenvalue weighted by molar-refractivity contribution is -0.137. The number of nitrogens with zero attached hydrogens (tertiary/aromatic N) is 2. The molecular formula is C40H45N2O3+. The number of carboxylic acid groups (broad SMARTS) is 1. The maximum absolute atomic E-state index is 14.2. The van der Waals surface area contributed by atoms with E-state index in [1.807, 2.05) is 48.7 Å². The molecule has 0 bridgehead atoms. The van der Waals surface area contributed by atoms with Gasteiger partial charge in [0.2, 0.25) is 0 Å². The molecule has 0 amide bonds. The average molecular weight is 602 g/mol. The molecule has 1 heterocycles. The maximum atomic E-state index is 14.2. The van der Waals surface area contributed by atoms with Gasteiger partial charge >= 0.3 is 5.97 Å². The maximum Gasteiger partial charge on any atom is 0.303 e. The zero-order valence-electron chi connectivity index (χ0n) is 27.2. The van der Waals surface area contributed by atoms with Gasteiger partial charge in [-0.2, -0.15) is 0 Å². The van der Waals surface area contributed by atoms with E-state index in [4.69, 9.17) is 5.11 Å². The Morgan fingerprint density at radius 2 is 1.31 bits per heavy atom. The molecule has 5 nitrogen and oxygen atoms in total. The zero-order chi connectivity index (χ0) is 32.1.